The highest BCUT2D eigenvalue weighted by Crippen LogP contribution is 2.04. The molecule has 22 heavy (non-hydrogen) atoms. The molecule has 0 atom stereocenters. The summed E-state index contributed by atoms with van der Waals surface area (Å²) in [6.45, 7) is 5.53. The average Bonchev–Trinajstić information content (AvgIpc) is 2.54. The lowest BCUT2D eigenvalue weighted by molar-refractivity contribution is 0.0951. The molecule has 2 aromatic heterocycles. The summed E-state index contributed by atoms with van der Waals surface area (Å²) < 4.78 is 0. The molecule has 0 saturated carbocycles. The van der Waals surface area contributed by atoms with Gasteiger partial charge < -0.3 is 10.6 Å². The van der Waals surface area contributed by atoms with Crippen LogP contribution >= 0.6 is 0 Å². The standard InChI is InChI=1S/C16H21N5O/c1-12(2)3-8-18-15(22)14-10-20-16(21-11-14)19-9-13-4-6-17-7-5-13/h4-7,10-12H,3,8-9H2,1-2H3,(H,18,22)(H,19,20,21). The van der Waals surface area contributed by atoms with Gasteiger partial charge in [-0.3, -0.25) is 9.78 Å². The summed E-state index contributed by atoms with van der Waals surface area (Å²) in [5, 5.41) is 5.96. The van der Waals surface area contributed by atoms with Crippen LogP contribution in [-0.4, -0.2) is 27.4 Å². The molecule has 0 saturated heterocycles. The molecule has 0 aliphatic carbocycles. The van der Waals surface area contributed by atoms with Crippen molar-refractivity contribution in [3.05, 3.63) is 48.0 Å². The van der Waals surface area contributed by atoms with Crippen LogP contribution in [-0.2, 0) is 6.54 Å². The summed E-state index contributed by atoms with van der Waals surface area (Å²) in [6.07, 6.45) is 7.50. The van der Waals surface area contributed by atoms with Crippen LogP contribution < -0.4 is 10.6 Å². The highest BCUT2D eigenvalue weighted by atomic mass is 16.1. The topological polar surface area (TPSA) is 79.8 Å². The molecule has 6 heteroatoms. The molecule has 0 aromatic carbocycles. The van der Waals surface area contributed by atoms with Gasteiger partial charge in [-0.1, -0.05) is 13.8 Å². The third kappa shape index (κ3) is 5.12. The maximum atomic E-state index is 11.9. The van der Waals surface area contributed by atoms with E-state index in [0.29, 0.717) is 30.5 Å². The van der Waals surface area contributed by atoms with E-state index < -0.39 is 0 Å². The number of carbonyl (C=O) groups excluding carboxylic acids is 1. The Morgan fingerprint density at radius 1 is 1.18 bits per heavy atom. The number of rotatable bonds is 7. The molecule has 0 radical (unpaired) electrons. The van der Waals surface area contributed by atoms with Crippen molar-refractivity contribution >= 4 is 11.9 Å². The average molecular weight is 299 g/mol. The van der Waals surface area contributed by atoms with Crippen molar-refractivity contribution in [2.45, 2.75) is 26.8 Å². The van der Waals surface area contributed by atoms with Gasteiger partial charge in [0.25, 0.3) is 5.91 Å². The summed E-state index contributed by atoms with van der Waals surface area (Å²) in [5.41, 5.74) is 1.56. The zero-order valence-electron chi connectivity index (χ0n) is 12.9. The summed E-state index contributed by atoms with van der Waals surface area (Å²) in [7, 11) is 0. The molecule has 116 valence electrons. The molecule has 2 rings (SSSR count). The van der Waals surface area contributed by atoms with Gasteiger partial charge in [-0.15, -0.1) is 0 Å². The van der Waals surface area contributed by atoms with Crippen molar-refractivity contribution in [1.82, 2.24) is 20.3 Å². The second kappa shape index (κ2) is 8.07. The van der Waals surface area contributed by atoms with E-state index >= 15 is 0 Å². The van der Waals surface area contributed by atoms with E-state index in [1.807, 2.05) is 12.1 Å². The van der Waals surface area contributed by atoms with Gasteiger partial charge in [-0.2, -0.15) is 0 Å². The van der Waals surface area contributed by atoms with E-state index in [1.54, 1.807) is 12.4 Å². The van der Waals surface area contributed by atoms with Crippen LogP contribution in [0.5, 0.6) is 0 Å². The van der Waals surface area contributed by atoms with Gasteiger partial charge in [0.2, 0.25) is 5.95 Å². The Kier molecular flexibility index (Phi) is 5.82. The van der Waals surface area contributed by atoms with E-state index in [0.717, 1.165) is 12.0 Å². The maximum Gasteiger partial charge on any atom is 0.254 e. The minimum absolute atomic E-state index is 0.138. The van der Waals surface area contributed by atoms with Crippen LogP contribution in [0, 0.1) is 5.92 Å². The van der Waals surface area contributed by atoms with Gasteiger partial charge in [-0.05, 0) is 30.0 Å². The first-order valence-corrected chi connectivity index (χ1v) is 7.38. The Morgan fingerprint density at radius 2 is 1.86 bits per heavy atom. The number of amides is 1. The molecule has 0 aliphatic rings. The van der Waals surface area contributed by atoms with Crippen LogP contribution in [0.25, 0.3) is 0 Å². The molecule has 0 bridgehead atoms. The van der Waals surface area contributed by atoms with E-state index in [-0.39, 0.29) is 5.91 Å². The third-order valence-corrected chi connectivity index (χ3v) is 3.12. The molecular weight excluding hydrogens is 278 g/mol. The van der Waals surface area contributed by atoms with E-state index in [1.165, 1.54) is 12.4 Å². The van der Waals surface area contributed by atoms with Gasteiger partial charge in [-0.25, -0.2) is 9.97 Å². The molecular formula is C16H21N5O. The summed E-state index contributed by atoms with van der Waals surface area (Å²) in [6, 6.07) is 3.84. The minimum Gasteiger partial charge on any atom is -0.352 e. The highest BCUT2D eigenvalue weighted by Gasteiger charge is 2.07. The SMILES string of the molecule is CC(C)CCNC(=O)c1cnc(NCc2ccncc2)nc1. The number of carbonyl (C=O) groups is 1. The number of hydrogen-bond acceptors (Lipinski definition) is 5. The smallest absolute Gasteiger partial charge is 0.254 e. The molecule has 2 heterocycles. The zero-order chi connectivity index (χ0) is 15.8. The lowest BCUT2D eigenvalue weighted by Crippen LogP contribution is -2.25. The van der Waals surface area contributed by atoms with Gasteiger partial charge in [0.15, 0.2) is 0 Å². The van der Waals surface area contributed by atoms with E-state index in [9.17, 15) is 4.79 Å². The monoisotopic (exact) mass is 299 g/mol. The molecule has 1 amide bonds. The second-order valence-electron chi connectivity index (χ2n) is 5.44. The number of nitrogens with one attached hydrogen (secondary N) is 2. The van der Waals surface area contributed by atoms with Gasteiger partial charge in [0.05, 0.1) is 5.56 Å². The second-order valence-corrected chi connectivity index (χ2v) is 5.44. The van der Waals surface area contributed by atoms with Gasteiger partial charge >= 0.3 is 0 Å². The van der Waals surface area contributed by atoms with Crippen LogP contribution in [0.4, 0.5) is 5.95 Å². The van der Waals surface area contributed by atoms with Crippen LogP contribution in [0.1, 0.15) is 36.2 Å². The molecule has 2 N–H and O–H groups in total. The predicted octanol–water partition coefficient (Wildman–Crippen LogP) is 2.26. The molecule has 0 fully saturated rings. The Balaban J connectivity index is 1.83. The van der Waals surface area contributed by atoms with Crippen molar-refractivity contribution in [2.75, 3.05) is 11.9 Å². The number of pyridine rings is 1. The summed E-state index contributed by atoms with van der Waals surface area (Å²) >= 11 is 0. The fourth-order valence-electron chi connectivity index (χ4n) is 1.79. The third-order valence-electron chi connectivity index (χ3n) is 3.12. The van der Waals surface area contributed by atoms with Crippen LogP contribution in [0.3, 0.4) is 0 Å². The lowest BCUT2D eigenvalue weighted by Gasteiger charge is -2.08. The van der Waals surface area contributed by atoms with Crippen LogP contribution in [0.15, 0.2) is 36.9 Å². The number of anilines is 1. The fraction of sp³-hybridized carbons (Fsp3) is 0.375. The normalized spacial score (nSPS) is 10.5. The Labute approximate surface area is 130 Å². The first-order chi connectivity index (χ1) is 10.6. The largest absolute Gasteiger partial charge is 0.352 e. The summed E-state index contributed by atoms with van der Waals surface area (Å²) in [4.78, 5) is 24.2. The van der Waals surface area contributed by atoms with Gasteiger partial charge in [0.1, 0.15) is 0 Å². The first kappa shape index (κ1) is 15.9. The fourth-order valence-corrected chi connectivity index (χ4v) is 1.79. The maximum absolute atomic E-state index is 11.9. The van der Waals surface area contributed by atoms with E-state index in [4.69, 9.17) is 0 Å². The van der Waals surface area contributed by atoms with Crippen molar-refractivity contribution in [3.8, 4) is 0 Å². The molecule has 0 spiro atoms. The zero-order valence-corrected chi connectivity index (χ0v) is 12.9. The molecule has 6 nitrogen and oxygen atoms in total. The highest BCUT2D eigenvalue weighted by molar-refractivity contribution is 5.93. The van der Waals surface area contributed by atoms with Gasteiger partial charge in [0, 0.05) is 37.9 Å². The Hall–Kier alpha value is -2.50. The Morgan fingerprint density at radius 3 is 2.50 bits per heavy atom. The Bertz CT molecular complexity index is 583. The van der Waals surface area contributed by atoms with Crippen molar-refractivity contribution in [3.63, 3.8) is 0 Å². The minimum atomic E-state index is -0.138. The number of nitrogens with zero attached hydrogens (tertiary/aromatic N) is 3. The van der Waals surface area contributed by atoms with Crippen molar-refractivity contribution in [2.24, 2.45) is 5.92 Å². The predicted molar refractivity (Wildman–Crippen MR) is 85.4 cm³/mol. The number of aromatic nitrogens is 3. The van der Waals surface area contributed by atoms with Crippen molar-refractivity contribution < 1.29 is 4.79 Å². The van der Waals surface area contributed by atoms with Crippen LogP contribution in [0.2, 0.25) is 0 Å². The number of hydrogen-bond donors (Lipinski definition) is 2. The van der Waals surface area contributed by atoms with E-state index in [2.05, 4.69) is 39.4 Å². The van der Waals surface area contributed by atoms with Crippen molar-refractivity contribution in [1.29, 1.82) is 0 Å². The lowest BCUT2D eigenvalue weighted by atomic mass is 10.1. The molecule has 0 unspecified atom stereocenters. The molecule has 2 aromatic rings. The molecule has 0 aliphatic heterocycles. The quantitative estimate of drug-likeness (QED) is 0.819. The summed E-state index contributed by atoms with van der Waals surface area (Å²) in [5.74, 6) is 0.924. The first-order valence-electron chi connectivity index (χ1n) is 7.38.